The Labute approximate surface area is 213 Å². The minimum Gasteiger partial charge on any atom is -0.493 e. The predicted octanol–water partition coefficient (Wildman–Crippen LogP) is 3.69. The number of likely N-dealkylation sites (tertiary alicyclic amines) is 1. The number of rotatable bonds is 6. The number of carbonyl (C=O) groups excluding carboxylic acids is 2. The molecule has 37 heavy (non-hydrogen) atoms. The maximum atomic E-state index is 12.7. The summed E-state index contributed by atoms with van der Waals surface area (Å²) in [7, 11) is 1.58. The number of anilines is 2. The highest BCUT2D eigenvalue weighted by Crippen LogP contribution is 2.39. The van der Waals surface area contributed by atoms with Crippen molar-refractivity contribution >= 4 is 34.4 Å². The summed E-state index contributed by atoms with van der Waals surface area (Å²) in [6, 6.07) is 12.3. The first kappa shape index (κ1) is 24.0. The average Bonchev–Trinajstić information content (AvgIpc) is 3.35. The third kappa shape index (κ3) is 4.61. The standard InChI is InChI=1S/C27H27N7O3/c1-3-22(35)33-14-6-7-19(16-33)34-25-20(37-2)15-30-26(28)23(25)24(32-34)17-9-11-18(12-10-17)27(36)31-21-8-4-5-13-29-21/h3-5,8-13,15,19H,1,6-7,14,16H2,2H3,(H2,28,30)(H,29,31,36). The van der Waals surface area contributed by atoms with Crippen LogP contribution in [0.25, 0.3) is 22.2 Å². The van der Waals surface area contributed by atoms with Crippen LogP contribution in [-0.2, 0) is 4.79 Å². The fourth-order valence-electron chi connectivity index (χ4n) is 4.67. The Kier molecular flexibility index (Phi) is 6.55. The molecule has 3 aromatic heterocycles. The van der Waals surface area contributed by atoms with Crippen molar-refractivity contribution in [2.75, 3.05) is 31.2 Å². The molecule has 1 fully saturated rings. The highest BCUT2D eigenvalue weighted by Gasteiger charge is 2.29. The molecule has 1 unspecified atom stereocenters. The number of amides is 2. The lowest BCUT2D eigenvalue weighted by Crippen LogP contribution is -2.40. The molecule has 2 amide bonds. The molecular weight excluding hydrogens is 470 g/mol. The summed E-state index contributed by atoms with van der Waals surface area (Å²) < 4.78 is 7.53. The highest BCUT2D eigenvalue weighted by molar-refractivity contribution is 6.05. The van der Waals surface area contributed by atoms with Crippen LogP contribution < -0.4 is 15.8 Å². The van der Waals surface area contributed by atoms with Gasteiger partial charge in [0.15, 0.2) is 5.75 Å². The number of nitrogens with two attached hydrogens (primary N) is 1. The fourth-order valence-corrected chi connectivity index (χ4v) is 4.67. The largest absolute Gasteiger partial charge is 0.493 e. The molecule has 10 nitrogen and oxygen atoms in total. The number of hydrogen-bond donors (Lipinski definition) is 2. The first-order valence-electron chi connectivity index (χ1n) is 11.9. The topological polar surface area (TPSA) is 128 Å². The van der Waals surface area contributed by atoms with Crippen LogP contribution in [0.2, 0.25) is 0 Å². The Morgan fingerprint density at radius 1 is 1.19 bits per heavy atom. The number of pyridine rings is 2. The zero-order valence-electron chi connectivity index (χ0n) is 20.4. The molecule has 1 aliphatic heterocycles. The summed E-state index contributed by atoms with van der Waals surface area (Å²) in [5.74, 6) is 0.973. The molecule has 1 saturated heterocycles. The predicted molar refractivity (Wildman–Crippen MR) is 141 cm³/mol. The van der Waals surface area contributed by atoms with Crippen LogP contribution >= 0.6 is 0 Å². The van der Waals surface area contributed by atoms with E-state index in [-0.39, 0.29) is 17.9 Å². The van der Waals surface area contributed by atoms with Crippen LogP contribution in [0, 0.1) is 0 Å². The molecule has 1 atom stereocenters. The van der Waals surface area contributed by atoms with E-state index in [2.05, 4.69) is 21.9 Å². The van der Waals surface area contributed by atoms with Gasteiger partial charge >= 0.3 is 0 Å². The maximum Gasteiger partial charge on any atom is 0.256 e. The van der Waals surface area contributed by atoms with Gasteiger partial charge in [0.25, 0.3) is 5.91 Å². The number of nitrogens with one attached hydrogen (secondary N) is 1. The van der Waals surface area contributed by atoms with Crippen molar-refractivity contribution in [1.29, 1.82) is 0 Å². The lowest BCUT2D eigenvalue weighted by atomic mass is 10.0. The van der Waals surface area contributed by atoms with Gasteiger partial charge in [-0.25, -0.2) is 9.97 Å². The molecule has 0 saturated carbocycles. The molecule has 0 spiro atoms. The number of carbonyl (C=O) groups is 2. The van der Waals surface area contributed by atoms with Gasteiger partial charge in [-0.05, 0) is 43.2 Å². The number of fused-ring (bicyclic) bond motifs is 1. The van der Waals surface area contributed by atoms with Crippen molar-refractivity contribution in [1.82, 2.24) is 24.6 Å². The normalized spacial score (nSPS) is 15.4. The van der Waals surface area contributed by atoms with Crippen LogP contribution in [-0.4, -0.2) is 56.7 Å². The molecule has 1 aromatic carbocycles. The SMILES string of the molecule is C=CC(=O)N1CCCC(n2nc(-c3ccc(C(=O)Nc4ccccn4)cc3)c3c(N)ncc(OC)c32)C1. The lowest BCUT2D eigenvalue weighted by Gasteiger charge is -2.32. The first-order valence-corrected chi connectivity index (χ1v) is 11.9. The van der Waals surface area contributed by atoms with Gasteiger partial charge in [0, 0.05) is 30.4 Å². The average molecular weight is 498 g/mol. The summed E-state index contributed by atoms with van der Waals surface area (Å²) in [4.78, 5) is 35.2. The summed E-state index contributed by atoms with van der Waals surface area (Å²) >= 11 is 0. The molecule has 10 heteroatoms. The summed E-state index contributed by atoms with van der Waals surface area (Å²) in [6.07, 6.45) is 6.22. The molecule has 188 valence electrons. The number of aromatic nitrogens is 4. The molecular formula is C27H27N7O3. The van der Waals surface area contributed by atoms with Gasteiger partial charge in [-0.3, -0.25) is 14.3 Å². The van der Waals surface area contributed by atoms with Gasteiger partial charge < -0.3 is 20.7 Å². The van der Waals surface area contributed by atoms with E-state index in [0.29, 0.717) is 47.1 Å². The second-order valence-electron chi connectivity index (χ2n) is 8.76. The molecule has 0 bridgehead atoms. The van der Waals surface area contributed by atoms with Crippen molar-refractivity contribution in [3.63, 3.8) is 0 Å². The van der Waals surface area contributed by atoms with Crippen molar-refractivity contribution < 1.29 is 14.3 Å². The number of methoxy groups -OCH3 is 1. The third-order valence-electron chi connectivity index (χ3n) is 6.50. The second kappa shape index (κ2) is 10.1. The van der Waals surface area contributed by atoms with Crippen LogP contribution in [0.1, 0.15) is 29.2 Å². The smallest absolute Gasteiger partial charge is 0.256 e. The Bertz CT molecular complexity index is 1470. The molecule has 4 heterocycles. The minimum absolute atomic E-state index is 0.0759. The van der Waals surface area contributed by atoms with Crippen molar-refractivity contribution in [3.8, 4) is 17.0 Å². The van der Waals surface area contributed by atoms with Crippen LogP contribution in [0.5, 0.6) is 5.75 Å². The van der Waals surface area contributed by atoms with Gasteiger partial charge in [0.1, 0.15) is 22.8 Å². The van der Waals surface area contributed by atoms with Crippen LogP contribution in [0.15, 0.2) is 67.5 Å². The van der Waals surface area contributed by atoms with Crippen molar-refractivity contribution in [2.24, 2.45) is 0 Å². The quantitative estimate of drug-likeness (QED) is 0.389. The van der Waals surface area contributed by atoms with E-state index in [1.807, 2.05) is 16.8 Å². The first-order chi connectivity index (χ1) is 18.0. The lowest BCUT2D eigenvalue weighted by molar-refractivity contribution is -0.127. The van der Waals surface area contributed by atoms with E-state index in [0.717, 1.165) is 23.9 Å². The third-order valence-corrected chi connectivity index (χ3v) is 6.50. The summed E-state index contributed by atoms with van der Waals surface area (Å²) in [5, 5.41) is 8.40. The monoisotopic (exact) mass is 497 g/mol. The number of ether oxygens (including phenoxy) is 1. The van der Waals surface area contributed by atoms with E-state index in [1.165, 1.54) is 6.08 Å². The summed E-state index contributed by atoms with van der Waals surface area (Å²) in [6.45, 7) is 4.79. The Hall–Kier alpha value is -4.73. The number of hydrogen-bond acceptors (Lipinski definition) is 7. The molecule has 1 aliphatic rings. The van der Waals surface area contributed by atoms with E-state index in [4.69, 9.17) is 15.6 Å². The molecule has 5 rings (SSSR count). The molecule has 0 aliphatic carbocycles. The minimum atomic E-state index is -0.266. The Morgan fingerprint density at radius 3 is 2.70 bits per heavy atom. The number of benzene rings is 1. The van der Waals surface area contributed by atoms with Crippen LogP contribution in [0.4, 0.5) is 11.6 Å². The van der Waals surface area contributed by atoms with E-state index in [1.54, 1.807) is 54.7 Å². The van der Waals surface area contributed by atoms with E-state index >= 15 is 0 Å². The zero-order chi connectivity index (χ0) is 25.9. The van der Waals surface area contributed by atoms with Gasteiger partial charge in [-0.15, -0.1) is 0 Å². The maximum absolute atomic E-state index is 12.7. The zero-order valence-corrected chi connectivity index (χ0v) is 20.4. The van der Waals surface area contributed by atoms with Gasteiger partial charge in [-0.2, -0.15) is 5.10 Å². The Morgan fingerprint density at radius 2 is 2.00 bits per heavy atom. The van der Waals surface area contributed by atoms with E-state index in [9.17, 15) is 9.59 Å². The van der Waals surface area contributed by atoms with Crippen molar-refractivity contribution in [3.05, 3.63) is 73.1 Å². The Balaban J connectivity index is 1.53. The van der Waals surface area contributed by atoms with Crippen LogP contribution in [0.3, 0.4) is 0 Å². The second-order valence-corrected chi connectivity index (χ2v) is 8.76. The van der Waals surface area contributed by atoms with Gasteiger partial charge in [0.2, 0.25) is 5.91 Å². The number of nitrogen functional groups attached to an aromatic ring is 1. The van der Waals surface area contributed by atoms with Crippen molar-refractivity contribution in [2.45, 2.75) is 18.9 Å². The van der Waals surface area contributed by atoms with Gasteiger partial charge in [0.05, 0.1) is 24.7 Å². The number of piperidine rings is 1. The molecule has 0 radical (unpaired) electrons. The highest BCUT2D eigenvalue weighted by atomic mass is 16.5. The molecule has 4 aromatic rings. The number of nitrogens with zero attached hydrogens (tertiary/aromatic N) is 5. The molecule has 3 N–H and O–H groups in total. The fraction of sp³-hybridized carbons (Fsp3) is 0.222. The van der Waals surface area contributed by atoms with E-state index < -0.39 is 0 Å². The summed E-state index contributed by atoms with van der Waals surface area (Å²) in [5.41, 5.74) is 8.95. The van der Waals surface area contributed by atoms with Gasteiger partial charge in [-0.1, -0.05) is 24.8 Å².